The highest BCUT2D eigenvalue weighted by atomic mass is 35.5. The fourth-order valence-electron chi connectivity index (χ4n) is 1.14. The van der Waals surface area contributed by atoms with Crippen molar-refractivity contribution in [3.05, 3.63) is 33.9 Å². The molecule has 2 rings (SSSR count). The number of hydrogen-bond acceptors (Lipinski definition) is 4. The van der Waals surface area contributed by atoms with Gasteiger partial charge in [0.1, 0.15) is 5.82 Å². The van der Waals surface area contributed by atoms with Gasteiger partial charge < -0.3 is 10.3 Å². The summed E-state index contributed by atoms with van der Waals surface area (Å²) in [4.78, 5) is 3.96. The molecule has 2 N–H and O–H groups in total. The highest BCUT2D eigenvalue weighted by Crippen LogP contribution is 2.30. The lowest BCUT2D eigenvalue weighted by Gasteiger charge is -2.00. The van der Waals surface area contributed by atoms with Gasteiger partial charge in [-0.2, -0.15) is 4.98 Å². The summed E-state index contributed by atoms with van der Waals surface area (Å²) in [5, 5.41) is 3.76. The lowest BCUT2D eigenvalue weighted by molar-refractivity contribution is 0.380. The maximum absolute atomic E-state index is 13.0. The number of benzene rings is 1. The topological polar surface area (TPSA) is 64.9 Å². The Hall–Kier alpha value is -1.17. The van der Waals surface area contributed by atoms with Crippen LogP contribution in [-0.2, 0) is 6.54 Å². The fourth-order valence-corrected chi connectivity index (χ4v) is 1.54. The van der Waals surface area contributed by atoms with Crippen LogP contribution in [-0.4, -0.2) is 10.1 Å². The molecular weight excluding hydrogens is 256 g/mol. The molecule has 0 atom stereocenters. The molecule has 7 heteroatoms. The first-order chi connectivity index (χ1) is 7.61. The van der Waals surface area contributed by atoms with E-state index in [1.807, 2.05) is 0 Å². The largest absolute Gasteiger partial charge is 0.338 e. The summed E-state index contributed by atoms with van der Waals surface area (Å²) in [5.74, 6) is -0.100. The molecule has 0 amide bonds. The van der Waals surface area contributed by atoms with Crippen molar-refractivity contribution >= 4 is 23.2 Å². The van der Waals surface area contributed by atoms with Crippen LogP contribution in [0.5, 0.6) is 0 Å². The second kappa shape index (κ2) is 4.37. The summed E-state index contributed by atoms with van der Waals surface area (Å²) in [6.07, 6.45) is 0. The van der Waals surface area contributed by atoms with Crippen molar-refractivity contribution < 1.29 is 8.91 Å². The molecule has 0 aliphatic carbocycles. The van der Waals surface area contributed by atoms with Crippen LogP contribution in [0, 0.1) is 5.82 Å². The van der Waals surface area contributed by atoms with Crippen molar-refractivity contribution in [3.8, 4) is 11.4 Å². The summed E-state index contributed by atoms with van der Waals surface area (Å²) in [6, 6.07) is 2.43. The number of hydrogen-bond donors (Lipinski definition) is 1. The summed E-state index contributed by atoms with van der Waals surface area (Å²) >= 11 is 11.5. The first-order valence-electron chi connectivity index (χ1n) is 4.29. The van der Waals surface area contributed by atoms with Crippen LogP contribution in [0.1, 0.15) is 5.89 Å². The zero-order valence-corrected chi connectivity index (χ0v) is 9.39. The van der Waals surface area contributed by atoms with E-state index in [0.29, 0.717) is 5.56 Å². The van der Waals surface area contributed by atoms with Gasteiger partial charge in [0.25, 0.3) is 0 Å². The molecule has 1 aromatic carbocycles. The van der Waals surface area contributed by atoms with Crippen LogP contribution >= 0.6 is 23.2 Å². The van der Waals surface area contributed by atoms with E-state index >= 15 is 0 Å². The Kier molecular flexibility index (Phi) is 3.09. The predicted molar refractivity (Wildman–Crippen MR) is 57.6 cm³/mol. The van der Waals surface area contributed by atoms with E-state index in [4.69, 9.17) is 33.5 Å². The molecule has 16 heavy (non-hydrogen) atoms. The maximum Gasteiger partial charge on any atom is 0.240 e. The third kappa shape index (κ3) is 2.02. The van der Waals surface area contributed by atoms with Crippen molar-refractivity contribution in [3.63, 3.8) is 0 Å². The molecule has 0 unspecified atom stereocenters. The Labute approximate surface area is 100 Å². The number of nitrogens with two attached hydrogens (primary N) is 1. The number of nitrogens with zero attached hydrogens (tertiary/aromatic N) is 2. The fraction of sp³-hybridized carbons (Fsp3) is 0.111. The standard InChI is InChI=1S/C9H6Cl2FN3O/c10-5-2-7(12)6(11)1-4(5)9-14-8(3-13)16-15-9/h1-2H,3,13H2. The molecule has 1 heterocycles. The Bertz CT molecular complexity index is 529. The lowest BCUT2D eigenvalue weighted by atomic mass is 10.2. The molecular formula is C9H6Cl2FN3O. The van der Waals surface area contributed by atoms with E-state index in [0.717, 1.165) is 6.07 Å². The quantitative estimate of drug-likeness (QED) is 0.845. The average Bonchev–Trinajstić information content (AvgIpc) is 2.71. The first kappa shape index (κ1) is 11.3. The zero-order chi connectivity index (χ0) is 11.7. The van der Waals surface area contributed by atoms with Crippen LogP contribution in [0.4, 0.5) is 4.39 Å². The molecule has 0 aliphatic heterocycles. The van der Waals surface area contributed by atoms with Crippen LogP contribution in [0.3, 0.4) is 0 Å². The summed E-state index contributed by atoms with van der Waals surface area (Å²) in [5.41, 5.74) is 5.72. The number of rotatable bonds is 2. The SMILES string of the molecule is NCc1nc(-c2cc(Cl)c(F)cc2Cl)no1. The van der Waals surface area contributed by atoms with E-state index in [-0.39, 0.29) is 28.3 Å². The monoisotopic (exact) mass is 261 g/mol. The van der Waals surface area contributed by atoms with Crippen molar-refractivity contribution in [2.24, 2.45) is 5.73 Å². The minimum absolute atomic E-state index is 0.0569. The van der Waals surface area contributed by atoms with Gasteiger partial charge in [0.15, 0.2) is 0 Å². The molecule has 0 aliphatic rings. The summed E-state index contributed by atoms with van der Waals surface area (Å²) < 4.78 is 17.9. The molecule has 0 bridgehead atoms. The van der Waals surface area contributed by atoms with Gasteiger partial charge in [0, 0.05) is 5.56 Å². The van der Waals surface area contributed by atoms with Gasteiger partial charge >= 0.3 is 0 Å². The Balaban J connectivity index is 2.51. The third-order valence-electron chi connectivity index (χ3n) is 1.89. The lowest BCUT2D eigenvalue weighted by Crippen LogP contribution is -1.95. The predicted octanol–water partition coefficient (Wildman–Crippen LogP) is 2.64. The van der Waals surface area contributed by atoms with Crippen molar-refractivity contribution in [2.45, 2.75) is 6.54 Å². The highest BCUT2D eigenvalue weighted by molar-refractivity contribution is 6.35. The summed E-state index contributed by atoms with van der Waals surface area (Å²) in [7, 11) is 0. The van der Waals surface area contributed by atoms with Crippen LogP contribution < -0.4 is 5.73 Å². The van der Waals surface area contributed by atoms with Gasteiger partial charge in [0.05, 0.1) is 16.6 Å². The van der Waals surface area contributed by atoms with Crippen LogP contribution in [0.2, 0.25) is 10.0 Å². The molecule has 0 fully saturated rings. The minimum atomic E-state index is -0.599. The van der Waals surface area contributed by atoms with E-state index in [1.165, 1.54) is 6.07 Å². The second-order valence-electron chi connectivity index (χ2n) is 2.96. The van der Waals surface area contributed by atoms with Gasteiger partial charge in [-0.25, -0.2) is 4.39 Å². The summed E-state index contributed by atoms with van der Waals surface area (Å²) in [6.45, 7) is 0.125. The molecule has 0 saturated carbocycles. The third-order valence-corrected chi connectivity index (χ3v) is 2.50. The van der Waals surface area contributed by atoms with E-state index in [9.17, 15) is 4.39 Å². The first-order valence-corrected chi connectivity index (χ1v) is 5.05. The van der Waals surface area contributed by atoms with Crippen molar-refractivity contribution in [1.82, 2.24) is 10.1 Å². The average molecular weight is 262 g/mol. The minimum Gasteiger partial charge on any atom is -0.338 e. The van der Waals surface area contributed by atoms with Crippen molar-refractivity contribution in [1.29, 1.82) is 0 Å². The molecule has 1 aromatic heterocycles. The van der Waals surface area contributed by atoms with Crippen molar-refractivity contribution in [2.75, 3.05) is 0 Å². The molecule has 2 aromatic rings. The van der Waals surface area contributed by atoms with E-state index in [1.54, 1.807) is 0 Å². The van der Waals surface area contributed by atoms with Crippen LogP contribution in [0.25, 0.3) is 11.4 Å². The Morgan fingerprint density at radius 2 is 2.06 bits per heavy atom. The van der Waals surface area contributed by atoms with Gasteiger partial charge in [-0.3, -0.25) is 0 Å². The molecule has 84 valence electrons. The number of halogens is 3. The zero-order valence-electron chi connectivity index (χ0n) is 7.88. The normalized spacial score (nSPS) is 10.8. The molecule has 0 saturated heterocycles. The second-order valence-corrected chi connectivity index (χ2v) is 3.78. The van der Waals surface area contributed by atoms with E-state index < -0.39 is 5.82 Å². The number of aromatic nitrogens is 2. The van der Waals surface area contributed by atoms with E-state index in [2.05, 4.69) is 10.1 Å². The maximum atomic E-state index is 13.0. The Morgan fingerprint density at radius 1 is 1.31 bits per heavy atom. The van der Waals surface area contributed by atoms with Gasteiger partial charge in [-0.1, -0.05) is 28.4 Å². The molecule has 4 nitrogen and oxygen atoms in total. The smallest absolute Gasteiger partial charge is 0.240 e. The van der Waals surface area contributed by atoms with Crippen LogP contribution in [0.15, 0.2) is 16.7 Å². The van der Waals surface area contributed by atoms with Gasteiger partial charge in [0.2, 0.25) is 11.7 Å². The molecule has 0 radical (unpaired) electrons. The molecule has 0 spiro atoms. The van der Waals surface area contributed by atoms with Gasteiger partial charge in [-0.05, 0) is 12.1 Å². The highest BCUT2D eigenvalue weighted by Gasteiger charge is 2.14. The van der Waals surface area contributed by atoms with Gasteiger partial charge in [-0.15, -0.1) is 0 Å². The Morgan fingerprint density at radius 3 is 2.69 bits per heavy atom.